The van der Waals surface area contributed by atoms with Crippen molar-refractivity contribution in [2.24, 2.45) is 0 Å². The lowest BCUT2D eigenvalue weighted by Gasteiger charge is -2.26. The summed E-state index contributed by atoms with van der Waals surface area (Å²) < 4.78 is 0. The summed E-state index contributed by atoms with van der Waals surface area (Å²) in [7, 11) is 2.21. The van der Waals surface area contributed by atoms with E-state index in [1.807, 2.05) is 18.2 Å². The molecule has 2 atom stereocenters. The fourth-order valence-electron chi connectivity index (χ4n) is 2.30. The van der Waals surface area contributed by atoms with Crippen LogP contribution in [-0.4, -0.2) is 30.6 Å². The fraction of sp³-hybridized carbons (Fsp3) is 0.600. The van der Waals surface area contributed by atoms with Crippen LogP contribution in [0.15, 0.2) is 18.2 Å². The molecule has 2 unspecified atom stereocenters. The van der Waals surface area contributed by atoms with Gasteiger partial charge in [-0.25, -0.2) is 0 Å². The van der Waals surface area contributed by atoms with Crippen molar-refractivity contribution in [2.75, 3.05) is 13.6 Å². The molecule has 1 fully saturated rings. The van der Waals surface area contributed by atoms with Gasteiger partial charge in [0.05, 0.1) is 10.0 Å². The van der Waals surface area contributed by atoms with E-state index in [-0.39, 0.29) is 6.04 Å². The molecule has 0 saturated heterocycles. The first-order valence-electron chi connectivity index (χ1n) is 6.90. The Kier molecular flexibility index (Phi) is 5.13. The summed E-state index contributed by atoms with van der Waals surface area (Å²) in [5, 5.41) is 4.83. The van der Waals surface area contributed by atoms with Crippen molar-refractivity contribution in [1.82, 2.24) is 10.2 Å². The second kappa shape index (κ2) is 6.45. The molecule has 0 radical (unpaired) electrons. The number of nitrogens with one attached hydrogen (secondary N) is 1. The van der Waals surface area contributed by atoms with E-state index >= 15 is 0 Å². The Morgan fingerprint density at radius 2 is 2.00 bits per heavy atom. The molecule has 19 heavy (non-hydrogen) atoms. The molecule has 0 bridgehead atoms. The number of benzene rings is 1. The molecule has 0 amide bonds. The standard InChI is InChI=1S/C15H22Cl2N2/c1-10(19(3)12-7-8-12)9-18-11(2)13-5-4-6-14(16)15(13)17/h4-6,10-12,18H,7-9H2,1-3H3. The van der Waals surface area contributed by atoms with Gasteiger partial charge < -0.3 is 5.32 Å². The first-order chi connectivity index (χ1) is 9.00. The predicted octanol–water partition coefficient (Wildman–Crippen LogP) is 4.13. The molecule has 0 aliphatic heterocycles. The third-order valence-corrected chi connectivity index (χ3v) is 4.82. The van der Waals surface area contributed by atoms with Gasteiger partial charge in [0.15, 0.2) is 0 Å². The van der Waals surface area contributed by atoms with E-state index < -0.39 is 0 Å². The zero-order valence-electron chi connectivity index (χ0n) is 11.8. The van der Waals surface area contributed by atoms with Gasteiger partial charge in [-0.2, -0.15) is 0 Å². The van der Waals surface area contributed by atoms with E-state index in [1.54, 1.807) is 0 Å². The van der Waals surface area contributed by atoms with Crippen molar-refractivity contribution in [2.45, 2.75) is 44.8 Å². The minimum atomic E-state index is 0.209. The minimum absolute atomic E-state index is 0.209. The summed E-state index contributed by atoms with van der Waals surface area (Å²) >= 11 is 12.3. The second-order valence-corrected chi connectivity index (χ2v) is 6.30. The van der Waals surface area contributed by atoms with Crippen LogP contribution in [0.3, 0.4) is 0 Å². The van der Waals surface area contributed by atoms with Gasteiger partial charge in [0, 0.05) is 24.7 Å². The molecule has 1 aromatic carbocycles. The normalized spacial score (nSPS) is 18.6. The summed E-state index contributed by atoms with van der Waals surface area (Å²) in [5.74, 6) is 0. The van der Waals surface area contributed by atoms with Crippen molar-refractivity contribution in [3.63, 3.8) is 0 Å². The maximum absolute atomic E-state index is 6.24. The fourth-order valence-corrected chi connectivity index (χ4v) is 2.77. The van der Waals surface area contributed by atoms with Gasteiger partial charge in [0.2, 0.25) is 0 Å². The summed E-state index contributed by atoms with van der Waals surface area (Å²) in [4.78, 5) is 2.46. The molecule has 0 aromatic heterocycles. The largest absolute Gasteiger partial charge is 0.309 e. The molecule has 1 saturated carbocycles. The van der Waals surface area contributed by atoms with Crippen LogP contribution in [0, 0.1) is 0 Å². The highest BCUT2D eigenvalue weighted by molar-refractivity contribution is 6.42. The van der Waals surface area contributed by atoms with Crippen LogP contribution in [-0.2, 0) is 0 Å². The molecule has 1 aromatic rings. The Morgan fingerprint density at radius 3 is 2.63 bits per heavy atom. The molecule has 0 spiro atoms. The average Bonchev–Trinajstić information content (AvgIpc) is 3.22. The van der Waals surface area contributed by atoms with E-state index in [0.29, 0.717) is 16.1 Å². The quantitative estimate of drug-likeness (QED) is 0.850. The van der Waals surface area contributed by atoms with Crippen molar-refractivity contribution in [3.05, 3.63) is 33.8 Å². The molecule has 4 heteroatoms. The van der Waals surface area contributed by atoms with Crippen LogP contribution in [0.2, 0.25) is 10.0 Å². The lowest BCUT2D eigenvalue weighted by molar-refractivity contribution is 0.237. The van der Waals surface area contributed by atoms with E-state index in [4.69, 9.17) is 23.2 Å². The maximum Gasteiger partial charge on any atom is 0.0639 e. The van der Waals surface area contributed by atoms with Gasteiger partial charge in [-0.3, -0.25) is 4.90 Å². The number of halogens is 2. The minimum Gasteiger partial charge on any atom is -0.309 e. The lowest BCUT2D eigenvalue weighted by Crippen LogP contribution is -2.39. The summed E-state index contributed by atoms with van der Waals surface area (Å²) in [6, 6.07) is 7.34. The number of nitrogens with zero attached hydrogens (tertiary/aromatic N) is 1. The SMILES string of the molecule is CC(NCC(C)N(C)C1CC1)c1cccc(Cl)c1Cl. The monoisotopic (exact) mass is 300 g/mol. The van der Waals surface area contributed by atoms with Crippen LogP contribution in [0.5, 0.6) is 0 Å². The topological polar surface area (TPSA) is 15.3 Å². The Morgan fingerprint density at radius 1 is 1.32 bits per heavy atom. The summed E-state index contributed by atoms with van der Waals surface area (Å²) in [5.41, 5.74) is 1.07. The van der Waals surface area contributed by atoms with Crippen LogP contribution in [0.4, 0.5) is 0 Å². The highest BCUT2D eigenvalue weighted by Crippen LogP contribution is 2.30. The maximum atomic E-state index is 6.24. The molecule has 2 nitrogen and oxygen atoms in total. The van der Waals surface area contributed by atoms with Gasteiger partial charge in [-0.15, -0.1) is 0 Å². The van der Waals surface area contributed by atoms with E-state index in [2.05, 4.69) is 31.1 Å². The van der Waals surface area contributed by atoms with Gasteiger partial charge in [0.25, 0.3) is 0 Å². The molecular formula is C15H22Cl2N2. The van der Waals surface area contributed by atoms with Gasteiger partial charge in [0.1, 0.15) is 0 Å². The van der Waals surface area contributed by atoms with Gasteiger partial charge in [-0.05, 0) is 45.4 Å². The van der Waals surface area contributed by atoms with Crippen LogP contribution < -0.4 is 5.32 Å². The predicted molar refractivity (Wildman–Crippen MR) is 83.1 cm³/mol. The number of rotatable bonds is 6. The Hall–Kier alpha value is -0.280. The van der Waals surface area contributed by atoms with Crippen molar-refractivity contribution >= 4 is 23.2 Å². The zero-order valence-corrected chi connectivity index (χ0v) is 13.3. The highest BCUT2D eigenvalue weighted by Gasteiger charge is 2.29. The van der Waals surface area contributed by atoms with E-state index in [0.717, 1.165) is 18.2 Å². The van der Waals surface area contributed by atoms with Crippen molar-refractivity contribution in [1.29, 1.82) is 0 Å². The number of hydrogen-bond donors (Lipinski definition) is 1. The van der Waals surface area contributed by atoms with Crippen LogP contribution in [0.25, 0.3) is 0 Å². The molecule has 1 N–H and O–H groups in total. The number of likely N-dealkylation sites (N-methyl/N-ethyl adjacent to an activating group) is 1. The molecule has 1 aliphatic rings. The highest BCUT2D eigenvalue weighted by atomic mass is 35.5. The lowest BCUT2D eigenvalue weighted by atomic mass is 10.1. The molecule has 0 heterocycles. The molecule has 1 aliphatic carbocycles. The van der Waals surface area contributed by atoms with Crippen molar-refractivity contribution < 1.29 is 0 Å². The summed E-state index contributed by atoms with van der Waals surface area (Å²) in [6.07, 6.45) is 2.69. The van der Waals surface area contributed by atoms with E-state index in [9.17, 15) is 0 Å². The third kappa shape index (κ3) is 3.85. The first kappa shape index (κ1) is 15.1. The zero-order chi connectivity index (χ0) is 14.0. The van der Waals surface area contributed by atoms with E-state index in [1.165, 1.54) is 12.8 Å². The molecular weight excluding hydrogens is 279 g/mol. The van der Waals surface area contributed by atoms with Crippen LogP contribution >= 0.6 is 23.2 Å². The van der Waals surface area contributed by atoms with Crippen LogP contribution in [0.1, 0.15) is 38.3 Å². The number of hydrogen-bond acceptors (Lipinski definition) is 2. The van der Waals surface area contributed by atoms with Gasteiger partial charge in [-0.1, -0.05) is 35.3 Å². The Bertz CT molecular complexity index is 432. The molecule has 2 rings (SSSR count). The second-order valence-electron chi connectivity index (χ2n) is 5.52. The van der Waals surface area contributed by atoms with Gasteiger partial charge >= 0.3 is 0 Å². The summed E-state index contributed by atoms with van der Waals surface area (Å²) in [6.45, 7) is 5.34. The average molecular weight is 301 g/mol. The van der Waals surface area contributed by atoms with Crippen molar-refractivity contribution in [3.8, 4) is 0 Å². The smallest absolute Gasteiger partial charge is 0.0639 e. The first-order valence-corrected chi connectivity index (χ1v) is 7.65. The Labute approximate surface area is 126 Å². The molecule has 106 valence electrons. The third-order valence-electron chi connectivity index (χ3n) is 3.99. The Balaban J connectivity index is 1.89.